The minimum atomic E-state index is -0.155. The number of phenolic OH excluding ortho intramolecular Hbond substituents is 1. The summed E-state index contributed by atoms with van der Waals surface area (Å²) in [7, 11) is 0. The van der Waals surface area contributed by atoms with Gasteiger partial charge in [-0.2, -0.15) is 0 Å². The summed E-state index contributed by atoms with van der Waals surface area (Å²) >= 11 is 0. The SMILES string of the molecule is CC1(C(=O)Nc2ccc(O)cc2)CC1. The average molecular weight is 191 g/mol. The topological polar surface area (TPSA) is 49.3 Å². The second-order valence-electron chi connectivity index (χ2n) is 4.06. The minimum Gasteiger partial charge on any atom is -0.508 e. The molecule has 3 heteroatoms. The van der Waals surface area contributed by atoms with Crippen molar-refractivity contribution in [1.29, 1.82) is 0 Å². The first-order chi connectivity index (χ1) is 6.60. The van der Waals surface area contributed by atoms with Gasteiger partial charge in [-0.15, -0.1) is 0 Å². The Labute approximate surface area is 82.8 Å². The number of nitrogens with one attached hydrogen (secondary N) is 1. The van der Waals surface area contributed by atoms with Crippen LogP contribution in [0.25, 0.3) is 0 Å². The Hall–Kier alpha value is -1.51. The molecule has 1 aromatic rings. The average Bonchev–Trinajstić information content (AvgIpc) is 2.89. The fourth-order valence-corrected chi connectivity index (χ4v) is 1.24. The Balaban J connectivity index is 2.04. The summed E-state index contributed by atoms with van der Waals surface area (Å²) in [5.41, 5.74) is 0.582. The highest BCUT2D eigenvalue weighted by Crippen LogP contribution is 2.45. The van der Waals surface area contributed by atoms with E-state index < -0.39 is 0 Å². The largest absolute Gasteiger partial charge is 0.508 e. The number of benzene rings is 1. The number of carbonyl (C=O) groups excluding carboxylic acids is 1. The van der Waals surface area contributed by atoms with Gasteiger partial charge in [-0.1, -0.05) is 6.92 Å². The van der Waals surface area contributed by atoms with Crippen LogP contribution in [0.5, 0.6) is 5.75 Å². The third-order valence-electron chi connectivity index (χ3n) is 2.67. The van der Waals surface area contributed by atoms with Crippen LogP contribution in [0, 0.1) is 5.41 Å². The Morgan fingerprint density at radius 1 is 1.36 bits per heavy atom. The molecule has 14 heavy (non-hydrogen) atoms. The molecule has 0 bridgehead atoms. The predicted molar refractivity (Wildman–Crippen MR) is 54.1 cm³/mol. The summed E-state index contributed by atoms with van der Waals surface area (Å²) in [4.78, 5) is 11.6. The van der Waals surface area contributed by atoms with E-state index >= 15 is 0 Å². The van der Waals surface area contributed by atoms with Gasteiger partial charge in [0.05, 0.1) is 0 Å². The Morgan fingerprint density at radius 3 is 2.43 bits per heavy atom. The van der Waals surface area contributed by atoms with Gasteiger partial charge >= 0.3 is 0 Å². The molecule has 2 rings (SSSR count). The standard InChI is InChI=1S/C11H13NO2/c1-11(6-7-11)10(14)12-8-2-4-9(13)5-3-8/h2-5,13H,6-7H2,1H3,(H,12,14). The minimum absolute atomic E-state index is 0.0724. The van der Waals surface area contributed by atoms with Gasteiger partial charge in [-0.3, -0.25) is 4.79 Å². The lowest BCUT2D eigenvalue weighted by Crippen LogP contribution is -2.21. The van der Waals surface area contributed by atoms with Crippen LogP contribution in [0.1, 0.15) is 19.8 Å². The van der Waals surface area contributed by atoms with Gasteiger partial charge < -0.3 is 10.4 Å². The Kier molecular flexibility index (Phi) is 1.95. The molecule has 0 aliphatic heterocycles. The third-order valence-corrected chi connectivity index (χ3v) is 2.67. The van der Waals surface area contributed by atoms with Crippen molar-refractivity contribution in [2.45, 2.75) is 19.8 Å². The van der Waals surface area contributed by atoms with Crippen molar-refractivity contribution in [3.63, 3.8) is 0 Å². The van der Waals surface area contributed by atoms with Crippen LogP contribution in [-0.2, 0) is 4.79 Å². The van der Waals surface area contributed by atoms with Crippen LogP contribution in [0.3, 0.4) is 0 Å². The summed E-state index contributed by atoms with van der Waals surface area (Å²) in [5, 5.41) is 11.9. The maximum atomic E-state index is 11.6. The van der Waals surface area contributed by atoms with E-state index in [1.54, 1.807) is 24.3 Å². The van der Waals surface area contributed by atoms with Gasteiger partial charge in [-0.25, -0.2) is 0 Å². The van der Waals surface area contributed by atoms with E-state index in [1.807, 2.05) is 6.92 Å². The molecule has 0 aromatic heterocycles. The quantitative estimate of drug-likeness (QED) is 0.703. The first-order valence-corrected chi connectivity index (χ1v) is 4.71. The highest BCUT2D eigenvalue weighted by atomic mass is 16.3. The normalized spacial score (nSPS) is 17.5. The lowest BCUT2D eigenvalue weighted by atomic mass is 10.1. The number of anilines is 1. The Morgan fingerprint density at radius 2 is 1.93 bits per heavy atom. The zero-order chi connectivity index (χ0) is 10.2. The molecule has 0 radical (unpaired) electrons. The van der Waals surface area contributed by atoms with Gasteiger partial charge in [0.15, 0.2) is 0 Å². The van der Waals surface area contributed by atoms with E-state index in [1.165, 1.54) is 0 Å². The summed E-state index contributed by atoms with van der Waals surface area (Å²) < 4.78 is 0. The number of hydrogen-bond donors (Lipinski definition) is 2. The number of rotatable bonds is 2. The number of phenols is 1. The third kappa shape index (κ3) is 1.71. The first-order valence-electron chi connectivity index (χ1n) is 4.71. The van der Waals surface area contributed by atoms with Gasteiger partial charge in [0.1, 0.15) is 5.75 Å². The van der Waals surface area contributed by atoms with E-state index in [0.29, 0.717) is 0 Å². The molecule has 1 fully saturated rings. The molecule has 0 heterocycles. The van der Waals surface area contributed by atoms with E-state index in [-0.39, 0.29) is 17.1 Å². The molecule has 0 unspecified atom stereocenters. The molecule has 1 aromatic carbocycles. The Bertz CT molecular complexity index is 352. The monoisotopic (exact) mass is 191 g/mol. The second-order valence-corrected chi connectivity index (χ2v) is 4.06. The van der Waals surface area contributed by atoms with E-state index in [0.717, 1.165) is 18.5 Å². The molecule has 1 amide bonds. The molecule has 0 atom stereocenters. The van der Waals surface area contributed by atoms with Gasteiger partial charge in [0, 0.05) is 11.1 Å². The smallest absolute Gasteiger partial charge is 0.230 e. The highest BCUT2D eigenvalue weighted by molar-refractivity contribution is 5.96. The molecule has 0 spiro atoms. The number of aromatic hydroxyl groups is 1. The maximum Gasteiger partial charge on any atom is 0.230 e. The first kappa shape index (κ1) is 9.06. The summed E-state index contributed by atoms with van der Waals surface area (Å²) in [6.07, 6.45) is 1.94. The number of amides is 1. The lowest BCUT2D eigenvalue weighted by molar-refractivity contribution is -0.120. The second kappa shape index (κ2) is 3.01. The van der Waals surface area contributed by atoms with Crippen molar-refractivity contribution in [2.75, 3.05) is 5.32 Å². The van der Waals surface area contributed by atoms with Crippen LogP contribution in [-0.4, -0.2) is 11.0 Å². The summed E-state index contributed by atoms with van der Waals surface area (Å²) in [6, 6.07) is 6.51. The molecule has 1 saturated carbocycles. The fraction of sp³-hybridized carbons (Fsp3) is 0.364. The summed E-state index contributed by atoms with van der Waals surface area (Å²) in [6.45, 7) is 1.96. The predicted octanol–water partition coefficient (Wildman–Crippen LogP) is 2.13. The number of carbonyl (C=O) groups is 1. The van der Waals surface area contributed by atoms with E-state index in [4.69, 9.17) is 5.11 Å². The van der Waals surface area contributed by atoms with Crippen LogP contribution < -0.4 is 5.32 Å². The van der Waals surface area contributed by atoms with Crippen molar-refractivity contribution in [2.24, 2.45) is 5.41 Å². The number of hydrogen-bond acceptors (Lipinski definition) is 2. The summed E-state index contributed by atoms with van der Waals surface area (Å²) in [5.74, 6) is 0.281. The van der Waals surface area contributed by atoms with Crippen molar-refractivity contribution < 1.29 is 9.90 Å². The van der Waals surface area contributed by atoms with Crippen molar-refractivity contribution in [3.05, 3.63) is 24.3 Å². The van der Waals surface area contributed by atoms with E-state index in [9.17, 15) is 4.79 Å². The molecular formula is C11H13NO2. The van der Waals surface area contributed by atoms with Crippen LogP contribution in [0.2, 0.25) is 0 Å². The maximum absolute atomic E-state index is 11.6. The lowest BCUT2D eigenvalue weighted by Gasteiger charge is -2.09. The molecule has 1 aliphatic carbocycles. The zero-order valence-corrected chi connectivity index (χ0v) is 8.08. The molecule has 1 aliphatic rings. The zero-order valence-electron chi connectivity index (χ0n) is 8.08. The van der Waals surface area contributed by atoms with Gasteiger partial charge in [-0.05, 0) is 37.1 Å². The highest BCUT2D eigenvalue weighted by Gasteiger charge is 2.44. The molecule has 74 valence electrons. The van der Waals surface area contributed by atoms with E-state index in [2.05, 4.69) is 5.32 Å². The van der Waals surface area contributed by atoms with Crippen molar-refractivity contribution in [1.82, 2.24) is 0 Å². The molecule has 2 N–H and O–H groups in total. The van der Waals surface area contributed by atoms with Crippen LogP contribution in [0.4, 0.5) is 5.69 Å². The molecular weight excluding hydrogens is 178 g/mol. The molecule has 0 saturated heterocycles. The molecule has 3 nitrogen and oxygen atoms in total. The van der Waals surface area contributed by atoms with Crippen LogP contribution >= 0.6 is 0 Å². The van der Waals surface area contributed by atoms with Crippen molar-refractivity contribution in [3.8, 4) is 5.75 Å². The van der Waals surface area contributed by atoms with Crippen LogP contribution in [0.15, 0.2) is 24.3 Å². The van der Waals surface area contributed by atoms with Gasteiger partial charge in [0.2, 0.25) is 5.91 Å². The van der Waals surface area contributed by atoms with Gasteiger partial charge in [0.25, 0.3) is 0 Å². The fourth-order valence-electron chi connectivity index (χ4n) is 1.24. The van der Waals surface area contributed by atoms with Crippen molar-refractivity contribution >= 4 is 11.6 Å².